The Morgan fingerprint density at radius 2 is 2.11 bits per heavy atom. The highest BCUT2D eigenvalue weighted by atomic mass is 127. The van der Waals surface area contributed by atoms with Crippen molar-refractivity contribution in [2.45, 2.75) is 12.8 Å². The van der Waals surface area contributed by atoms with Gasteiger partial charge in [-0.05, 0) is 77.4 Å². The number of nitrogens with one attached hydrogen (secondary N) is 1. The first-order valence-electron chi connectivity index (χ1n) is 8.75. The fourth-order valence-electron chi connectivity index (χ4n) is 2.81. The third kappa shape index (κ3) is 5.03. The zero-order valence-electron chi connectivity index (χ0n) is 15.3. The van der Waals surface area contributed by atoms with Gasteiger partial charge >= 0.3 is 0 Å². The molecule has 0 radical (unpaired) electrons. The Morgan fingerprint density at radius 3 is 2.86 bits per heavy atom. The first-order valence-corrected chi connectivity index (χ1v) is 9.83. The van der Waals surface area contributed by atoms with Gasteiger partial charge in [-0.15, -0.1) is 0 Å². The Morgan fingerprint density at radius 1 is 1.25 bits per heavy atom. The highest BCUT2D eigenvalue weighted by Crippen LogP contribution is 2.28. The van der Waals surface area contributed by atoms with Crippen molar-refractivity contribution in [2.24, 2.45) is 0 Å². The third-order valence-corrected chi connectivity index (χ3v) is 5.01. The van der Waals surface area contributed by atoms with Crippen LogP contribution in [0, 0.1) is 9.39 Å². The van der Waals surface area contributed by atoms with Crippen LogP contribution in [0.25, 0.3) is 11.3 Å². The average molecular weight is 491 g/mol. The van der Waals surface area contributed by atoms with Crippen molar-refractivity contribution in [1.82, 2.24) is 15.3 Å². The second kappa shape index (κ2) is 9.59. The molecule has 3 aromatic rings. The standard InChI is InChI=1S/C21H19FIN3O2/c1-28-19-7-6-15(11-18(19)23)20-17(5-3-8-25-20)21(27)26-9-2-4-14-10-16(22)13-24-12-14/h3,5-8,10-13H,2,4,9H2,1H3,(H,26,27). The molecule has 0 aliphatic carbocycles. The van der Waals surface area contributed by atoms with Crippen LogP contribution in [0.1, 0.15) is 22.3 Å². The Balaban J connectivity index is 1.66. The summed E-state index contributed by atoms with van der Waals surface area (Å²) < 4.78 is 19.4. The Hall–Kier alpha value is -2.55. The molecule has 28 heavy (non-hydrogen) atoms. The van der Waals surface area contributed by atoms with Crippen LogP contribution in [0.3, 0.4) is 0 Å². The van der Waals surface area contributed by atoms with Gasteiger partial charge in [-0.3, -0.25) is 14.8 Å². The summed E-state index contributed by atoms with van der Waals surface area (Å²) in [6, 6.07) is 10.6. The minimum Gasteiger partial charge on any atom is -0.496 e. The van der Waals surface area contributed by atoms with E-state index in [0.29, 0.717) is 30.6 Å². The van der Waals surface area contributed by atoms with Crippen LogP contribution in [0.4, 0.5) is 4.39 Å². The molecule has 0 saturated carbocycles. The lowest BCUT2D eigenvalue weighted by molar-refractivity contribution is 0.0953. The summed E-state index contributed by atoms with van der Waals surface area (Å²) in [5.41, 5.74) is 2.79. The molecule has 2 heterocycles. The van der Waals surface area contributed by atoms with Crippen LogP contribution in [0.2, 0.25) is 0 Å². The molecule has 0 bridgehead atoms. The summed E-state index contributed by atoms with van der Waals surface area (Å²) in [5, 5.41) is 2.91. The predicted octanol–water partition coefficient (Wildman–Crippen LogP) is 4.26. The summed E-state index contributed by atoms with van der Waals surface area (Å²) in [4.78, 5) is 20.9. The SMILES string of the molecule is COc1ccc(-c2ncccc2C(=O)NCCCc2cncc(F)c2)cc1I. The fraction of sp³-hybridized carbons (Fsp3) is 0.190. The second-order valence-corrected chi connectivity index (χ2v) is 7.28. The summed E-state index contributed by atoms with van der Waals surface area (Å²) in [7, 11) is 1.62. The number of amides is 1. The molecule has 0 aliphatic rings. The van der Waals surface area contributed by atoms with Gasteiger partial charge in [0.15, 0.2) is 0 Å². The topological polar surface area (TPSA) is 64.1 Å². The number of carbonyl (C=O) groups is 1. The maximum absolute atomic E-state index is 13.2. The molecule has 1 aromatic carbocycles. The number of methoxy groups -OCH3 is 1. The quantitative estimate of drug-likeness (QED) is 0.397. The number of hydrogen-bond acceptors (Lipinski definition) is 4. The first-order chi connectivity index (χ1) is 13.6. The van der Waals surface area contributed by atoms with Gasteiger partial charge in [-0.1, -0.05) is 0 Å². The maximum Gasteiger partial charge on any atom is 0.253 e. The molecule has 0 spiro atoms. The van der Waals surface area contributed by atoms with Crippen LogP contribution < -0.4 is 10.1 Å². The van der Waals surface area contributed by atoms with E-state index in [9.17, 15) is 9.18 Å². The van der Waals surface area contributed by atoms with Crippen LogP contribution in [-0.2, 0) is 6.42 Å². The van der Waals surface area contributed by atoms with E-state index in [-0.39, 0.29) is 11.7 Å². The fourth-order valence-corrected chi connectivity index (χ4v) is 3.55. The maximum atomic E-state index is 13.2. The van der Waals surface area contributed by atoms with Gasteiger partial charge in [0.05, 0.1) is 28.1 Å². The number of aryl methyl sites for hydroxylation is 1. The molecule has 0 aliphatic heterocycles. The summed E-state index contributed by atoms with van der Waals surface area (Å²) in [5.74, 6) is 0.236. The lowest BCUT2D eigenvalue weighted by Crippen LogP contribution is -2.25. The molecule has 0 fully saturated rings. The van der Waals surface area contributed by atoms with E-state index in [0.717, 1.165) is 20.4 Å². The second-order valence-electron chi connectivity index (χ2n) is 6.12. The zero-order valence-corrected chi connectivity index (χ0v) is 17.4. The van der Waals surface area contributed by atoms with Gasteiger partial charge in [0.2, 0.25) is 0 Å². The highest BCUT2D eigenvalue weighted by molar-refractivity contribution is 14.1. The third-order valence-electron chi connectivity index (χ3n) is 4.17. The van der Waals surface area contributed by atoms with Crippen molar-refractivity contribution >= 4 is 28.5 Å². The zero-order chi connectivity index (χ0) is 19.9. The first kappa shape index (κ1) is 20.2. The number of ether oxygens (including phenoxy) is 1. The van der Waals surface area contributed by atoms with Crippen LogP contribution in [-0.4, -0.2) is 29.5 Å². The monoisotopic (exact) mass is 491 g/mol. The average Bonchev–Trinajstić information content (AvgIpc) is 2.71. The molecule has 0 atom stereocenters. The normalized spacial score (nSPS) is 10.5. The van der Waals surface area contributed by atoms with Crippen molar-refractivity contribution < 1.29 is 13.9 Å². The molecular formula is C21H19FIN3O2. The van der Waals surface area contributed by atoms with E-state index in [1.807, 2.05) is 18.2 Å². The number of pyridine rings is 2. The predicted molar refractivity (Wildman–Crippen MR) is 114 cm³/mol. The Labute approximate surface area is 176 Å². The van der Waals surface area contributed by atoms with Crippen LogP contribution >= 0.6 is 22.6 Å². The number of rotatable bonds is 7. The van der Waals surface area contributed by atoms with Gasteiger partial charge in [0, 0.05) is 24.5 Å². The van der Waals surface area contributed by atoms with E-state index in [2.05, 4.69) is 37.9 Å². The van der Waals surface area contributed by atoms with Gasteiger partial charge in [-0.2, -0.15) is 0 Å². The molecule has 3 rings (SSSR count). The van der Waals surface area contributed by atoms with E-state index in [1.54, 1.807) is 31.6 Å². The van der Waals surface area contributed by atoms with Crippen molar-refractivity contribution in [3.8, 4) is 17.0 Å². The Kier molecular flexibility index (Phi) is 6.91. The highest BCUT2D eigenvalue weighted by Gasteiger charge is 2.14. The van der Waals surface area contributed by atoms with Gasteiger partial charge in [-0.25, -0.2) is 4.39 Å². The largest absolute Gasteiger partial charge is 0.496 e. The summed E-state index contributed by atoms with van der Waals surface area (Å²) in [6.45, 7) is 0.476. The van der Waals surface area contributed by atoms with E-state index < -0.39 is 0 Å². The van der Waals surface area contributed by atoms with Crippen LogP contribution in [0.15, 0.2) is 55.0 Å². The number of aromatic nitrogens is 2. The molecule has 1 amide bonds. The van der Waals surface area contributed by atoms with Crippen molar-refractivity contribution in [3.05, 3.63) is 75.5 Å². The molecule has 7 heteroatoms. The van der Waals surface area contributed by atoms with Crippen molar-refractivity contribution in [2.75, 3.05) is 13.7 Å². The summed E-state index contributed by atoms with van der Waals surface area (Å²) in [6.07, 6.45) is 5.81. The van der Waals surface area contributed by atoms with Crippen LogP contribution in [0.5, 0.6) is 5.75 Å². The van der Waals surface area contributed by atoms with Crippen molar-refractivity contribution in [1.29, 1.82) is 0 Å². The lowest BCUT2D eigenvalue weighted by Gasteiger charge is -2.11. The van der Waals surface area contributed by atoms with E-state index in [1.165, 1.54) is 12.3 Å². The number of benzene rings is 1. The Bertz CT molecular complexity index is 981. The number of nitrogens with zero attached hydrogens (tertiary/aromatic N) is 2. The lowest BCUT2D eigenvalue weighted by atomic mass is 10.0. The molecule has 144 valence electrons. The molecular weight excluding hydrogens is 472 g/mol. The van der Waals surface area contributed by atoms with Gasteiger partial charge in [0.25, 0.3) is 5.91 Å². The molecule has 2 aromatic heterocycles. The molecule has 5 nitrogen and oxygen atoms in total. The molecule has 0 saturated heterocycles. The number of carbonyl (C=O) groups excluding carboxylic acids is 1. The molecule has 0 unspecified atom stereocenters. The van der Waals surface area contributed by atoms with Gasteiger partial charge < -0.3 is 10.1 Å². The summed E-state index contributed by atoms with van der Waals surface area (Å²) >= 11 is 2.19. The number of halogens is 2. The van der Waals surface area contributed by atoms with Crippen molar-refractivity contribution in [3.63, 3.8) is 0 Å². The minimum absolute atomic E-state index is 0.189. The molecule has 1 N–H and O–H groups in total. The smallest absolute Gasteiger partial charge is 0.253 e. The minimum atomic E-state index is -0.351. The number of hydrogen-bond donors (Lipinski definition) is 1. The van der Waals surface area contributed by atoms with E-state index in [4.69, 9.17) is 4.74 Å². The van der Waals surface area contributed by atoms with Gasteiger partial charge in [0.1, 0.15) is 11.6 Å². The van der Waals surface area contributed by atoms with E-state index >= 15 is 0 Å².